The summed E-state index contributed by atoms with van der Waals surface area (Å²) in [4.78, 5) is 20.8. The molecule has 0 aliphatic heterocycles. The molecule has 2 heterocycles. The molecule has 0 radical (unpaired) electrons. The number of aryl methyl sites for hydroxylation is 1. The highest BCUT2D eigenvalue weighted by atomic mass is 32.1. The number of pyridine rings is 1. The van der Waals surface area contributed by atoms with Crippen LogP contribution in [-0.4, -0.2) is 22.9 Å². The SMILES string of the molecule is CNC(=O)c1cc(NCc2scnc2C)ccn1. The lowest BCUT2D eigenvalue weighted by Crippen LogP contribution is -2.19. The number of carbonyl (C=O) groups is 1. The van der Waals surface area contributed by atoms with Crippen molar-refractivity contribution in [2.45, 2.75) is 13.5 Å². The van der Waals surface area contributed by atoms with Crippen molar-refractivity contribution in [3.05, 3.63) is 40.1 Å². The molecule has 6 heteroatoms. The number of amides is 1. The Morgan fingerprint density at radius 1 is 1.44 bits per heavy atom. The smallest absolute Gasteiger partial charge is 0.269 e. The van der Waals surface area contributed by atoms with Gasteiger partial charge >= 0.3 is 0 Å². The molecule has 2 rings (SSSR count). The van der Waals surface area contributed by atoms with Crippen molar-refractivity contribution in [3.63, 3.8) is 0 Å². The predicted molar refractivity (Wildman–Crippen MR) is 71.8 cm³/mol. The fourth-order valence-corrected chi connectivity index (χ4v) is 2.19. The number of hydrogen-bond donors (Lipinski definition) is 2. The lowest BCUT2D eigenvalue weighted by Gasteiger charge is -2.06. The molecule has 0 saturated heterocycles. The molecule has 1 amide bonds. The lowest BCUT2D eigenvalue weighted by atomic mass is 10.3. The highest BCUT2D eigenvalue weighted by molar-refractivity contribution is 7.09. The fourth-order valence-electron chi connectivity index (χ4n) is 1.47. The van der Waals surface area contributed by atoms with E-state index in [4.69, 9.17) is 0 Å². The van der Waals surface area contributed by atoms with Gasteiger partial charge in [0.2, 0.25) is 0 Å². The molecular formula is C12H14N4OS. The molecule has 0 aromatic carbocycles. The van der Waals surface area contributed by atoms with E-state index in [1.54, 1.807) is 30.6 Å². The van der Waals surface area contributed by atoms with E-state index in [-0.39, 0.29) is 5.91 Å². The van der Waals surface area contributed by atoms with Crippen LogP contribution in [-0.2, 0) is 6.54 Å². The number of anilines is 1. The molecule has 0 aliphatic carbocycles. The van der Waals surface area contributed by atoms with E-state index in [9.17, 15) is 4.79 Å². The van der Waals surface area contributed by atoms with E-state index in [2.05, 4.69) is 20.6 Å². The molecule has 0 fully saturated rings. The number of nitrogens with zero attached hydrogens (tertiary/aromatic N) is 2. The largest absolute Gasteiger partial charge is 0.380 e. The van der Waals surface area contributed by atoms with Gasteiger partial charge < -0.3 is 10.6 Å². The number of nitrogens with one attached hydrogen (secondary N) is 2. The van der Waals surface area contributed by atoms with Gasteiger partial charge in [0.05, 0.1) is 17.7 Å². The van der Waals surface area contributed by atoms with Gasteiger partial charge in [-0.1, -0.05) is 0 Å². The summed E-state index contributed by atoms with van der Waals surface area (Å²) in [5, 5.41) is 5.81. The van der Waals surface area contributed by atoms with E-state index < -0.39 is 0 Å². The molecule has 94 valence electrons. The average molecular weight is 262 g/mol. The quantitative estimate of drug-likeness (QED) is 0.882. The Hall–Kier alpha value is -1.95. The highest BCUT2D eigenvalue weighted by Gasteiger charge is 2.06. The van der Waals surface area contributed by atoms with Gasteiger partial charge in [0.1, 0.15) is 5.69 Å². The summed E-state index contributed by atoms with van der Waals surface area (Å²) < 4.78 is 0. The van der Waals surface area contributed by atoms with Crippen LogP contribution in [0.2, 0.25) is 0 Å². The predicted octanol–water partition coefficient (Wildman–Crippen LogP) is 1.82. The minimum atomic E-state index is -0.187. The topological polar surface area (TPSA) is 66.9 Å². The van der Waals surface area contributed by atoms with Gasteiger partial charge in [-0.2, -0.15) is 0 Å². The number of aromatic nitrogens is 2. The van der Waals surface area contributed by atoms with Crippen LogP contribution in [0.25, 0.3) is 0 Å². The average Bonchev–Trinajstić information content (AvgIpc) is 2.81. The normalized spacial score (nSPS) is 10.1. The van der Waals surface area contributed by atoms with Crippen molar-refractivity contribution in [2.75, 3.05) is 12.4 Å². The summed E-state index contributed by atoms with van der Waals surface area (Å²) in [5.74, 6) is -0.187. The standard InChI is InChI=1S/C12H14N4OS/c1-8-11(18-7-16-8)6-15-9-3-4-14-10(5-9)12(17)13-2/h3-5,7H,6H2,1-2H3,(H,13,17)(H,14,15). The summed E-state index contributed by atoms with van der Waals surface area (Å²) >= 11 is 1.62. The van der Waals surface area contributed by atoms with Gasteiger partial charge in [0.25, 0.3) is 5.91 Å². The minimum absolute atomic E-state index is 0.187. The molecule has 0 aliphatic rings. The van der Waals surface area contributed by atoms with Crippen molar-refractivity contribution in [2.24, 2.45) is 0 Å². The van der Waals surface area contributed by atoms with E-state index in [0.717, 1.165) is 11.4 Å². The first kappa shape index (κ1) is 12.5. The maximum atomic E-state index is 11.4. The first-order valence-corrected chi connectivity index (χ1v) is 6.39. The van der Waals surface area contributed by atoms with Gasteiger partial charge in [0.15, 0.2) is 0 Å². The second-order valence-corrected chi connectivity index (χ2v) is 4.66. The molecule has 2 aromatic heterocycles. The monoisotopic (exact) mass is 262 g/mol. The molecule has 0 spiro atoms. The summed E-state index contributed by atoms with van der Waals surface area (Å²) in [6, 6.07) is 3.57. The second kappa shape index (κ2) is 5.59. The zero-order valence-electron chi connectivity index (χ0n) is 10.2. The summed E-state index contributed by atoms with van der Waals surface area (Å²) in [5.41, 5.74) is 4.14. The van der Waals surface area contributed by atoms with Crippen LogP contribution >= 0.6 is 11.3 Å². The third-order valence-electron chi connectivity index (χ3n) is 2.52. The van der Waals surface area contributed by atoms with E-state index in [1.807, 2.05) is 18.5 Å². The summed E-state index contributed by atoms with van der Waals surface area (Å²) in [6.07, 6.45) is 1.62. The van der Waals surface area contributed by atoms with Gasteiger partial charge in [-0.15, -0.1) is 11.3 Å². The lowest BCUT2D eigenvalue weighted by molar-refractivity contribution is 0.0958. The van der Waals surface area contributed by atoms with Gasteiger partial charge in [-0.25, -0.2) is 4.98 Å². The maximum Gasteiger partial charge on any atom is 0.269 e. The van der Waals surface area contributed by atoms with Crippen molar-refractivity contribution >= 4 is 22.9 Å². The van der Waals surface area contributed by atoms with Crippen LogP contribution in [0, 0.1) is 6.92 Å². The Labute approximate surface area is 109 Å². The van der Waals surface area contributed by atoms with Gasteiger partial charge in [0, 0.05) is 23.8 Å². The van der Waals surface area contributed by atoms with Crippen LogP contribution in [0.1, 0.15) is 21.1 Å². The summed E-state index contributed by atoms with van der Waals surface area (Å²) in [7, 11) is 1.59. The first-order chi connectivity index (χ1) is 8.70. The molecule has 0 bridgehead atoms. The molecular weight excluding hydrogens is 248 g/mol. The Kier molecular flexibility index (Phi) is 3.88. The highest BCUT2D eigenvalue weighted by Crippen LogP contribution is 2.15. The van der Waals surface area contributed by atoms with E-state index >= 15 is 0 Å². The molecule has 0 unspecified atom stereocenters. The Balaban J connectivity index is 2.06. The van der Waals surface area contributed by atoms with E-state index in [1.165, 1.54) is 4.88 Å². The van der Waals surface area contributed by atoms with Crippen LogP contribution in [0.4, 0.5) is 5.69 Å². The van der Waals surface area contributed by atoms with Crippen molar-refractivity contribution in [3.8, 4) is 0 Å². The number of rotatable bonds is 4. The Bertz CT molecular complexity index is 553. The first-order valence-electron chi connectivity index (χ1n) is 5.51. The van der Waals surface area contributed by atoms with Gasteiger partial charge in [-0.05, 0) is 19.1 Å². The maximum absolute atomic E-state index is 11.4. The zero-order valence-corrected chi connectivity index (χ0v) is 11.0. The Morgan fingerprint density at radius 2 is 2.28 bits per heavy atom. The molecule has 0 atom stereocenters. The van der Waals surface area contributed by atoms with Crippen molar-refractivity contribution < 1.29 is 4.79 Å². The number of hydrogen-bond acceptors (Lipinski definition) is 5. The molecule has 5 nitrogen and oxygen atoms in total. The second-order valence-electron chi connectivity index (χ2n) is 3.72. The molecule has 0 saturated carbocycles. The molecule has 18 heavy (non-hydrogen) atoms. The fraction of sp³-hybridized carbons (Fsp3) is 0.250. The van der Waals surface area contributed by atoms with Crippen LogP contribution in [0.3, 0.4) is 0 Å². The van der Waals surface area contributed by atoms with Crippen LogP contribution in [0.5, 0.6) is 0 Å². The Morgan fingerprint density at radius 3 is 2.94 bits per heavy atom. The minimum Gasteiger partial charge on any atom is -0.380 e. The third-order valence-corrected chi connectivity index (χ3v) is 3.45. The van der Waals surface area contributed by atoms with E-state index in [0.29, 0.717) is 12.2 Å². The van der Waals surface area contributed by atoms with Crippen LogP contribution in [0.15, 0.2) is 23.8 Å². The van der Waals surface area contributed by atoms with Crippen molar-refractivity contribution in [1.82, 2.24) is 15.3 Å². The van der Waals surface area contributed by atoms with Crippen molar-refractivity contribution in [1.29, 1.82) is 0 Å². The number of carbonyl (C=O) groups excluding carboxylic acids is 1. The van der Waals surface area contributed by atoms with Crippen LogP contribution < -0.4 is 10.6 Å². The molecule has 2 aromatic rings. The summed E-state index contributed by atoms with van der Waals surface area (Å²) in [6.45, 7) is 2.68. The third kappa shape index (κ3) is 2.84. The zero-order chi connectivity index (χ0) is 13.0. The molecule has 2 N–H and O–H groups in total. The van der Waals surface area contributed by atoms with Gasteiger partial charge in [-0.3, -0.25) is 9.78 Å². The number of thiazole rings is 1.